The molecule has 0 aliphatic carbocycles. The number of nitrogens with zero attached hydrogens (tertiary/aromatic N) is 1. The van der Waals surface area contributed by atoms with Crippen LogP contribution in [0.1, 0.15) is 32.6 Å². The zero-order valence-corrected chi connectivity index (χ0v) is 14.1. The second-order valence-electron chi connectivity index (χ2n) is 6.31. The Morgan fingerprint density at radius 2 is 2.22 bits per heavy atom. The van der Waals surface area contributed by atoms with Gasteiger partial charge in [-0.05, 0) is 39.7 Å². The molecule has 0 spiro atoms. The van der Waals surface area contributed by atoms with Crippen LogP contribution in [0, 0.1) is 5.41 Å². The van der Waals surface area contributed by atoms with Crippen molar-refractivity contribution in [3.05, 3.63) is 20.8 Å². The van der Waals surface area contributed by atoms with Crippen LogP contribution in [0.5, 0.6) is 0 Å². The van der Waals surface area contributed by atoms with Gasteiger partial charge in [-0.15, -0.1) is 11.3 Å². The van der Waals surface area contributed by atoms with Crippen molar-refractivity contribution >= 4 is 27.3 Å². The van der Waals surface area contributed by atoms with Gasteiger partial charge in [0.2, 0.25) is 0 Å². The van der Waals surface area contributed by atoms with Crippen molar-refractivity contribution in [1.82, 2.24) is 10.2 Å². The highest BCUT2D eigenvalue weighted by Gasteiger charge is 2.34. The number of thiophene rings is 1. The second kappa shape index (κ2) is 5.61. The monoisotopic (exact) mass is 330 g/mol. The van der Waals surface area contributed by atoms with Crippen LogP contribution in [-0.4, -0.2) is 30.1 Å². The molecule has 2 atom stereocenters. The fraction of sp³-hybridized carbons (Fsp3) is 0.714. The first-order chi connectivity index (χ1) is 8.38. The molecule has 1 aromatic rings. The topological polar surface area (TPSA) is 15.3 Å². The minimum atomic E-state index is 0.316. The maximum atomic E-state index is 3.65. The van der Waals surface area contributed by atoms with E-state index in [9.17, 15) is 0 Å². The van der Waals surface area contributed by atoms with Gasteiger partial charge in [-0.25, -0.2) is 0 Å². The van der Waals surface area contributed by atoms with E-state index in [1.165, 1.54) is 9.35 Å². The van der Waals surface area contributed by atoms with Gasteiger partial charge in [0.15, 0.2) is 0 Å². The molecule has 102 valence electrons. The first kappa shape index (κ1) is 14.5. The fourth-order valence-electron chi connectivity index (χ4n) is 2.64. The van der Waals surface area contributed by atoms with E-state index in [0.717, 1.165) is 19.6 Å². The summed E-state index contributed by atoms with van der Waals surface area (Å²) in [6, 6.07) is 3.34. The summed E-state index contributed by atoms with van der Waals surface area (Å²) in [6.45, 7) is 12.6. The molecule has 1 aliphatic heterocycles. The quantitative estimate of drug-likeness (QED) is 0.889. The predicted molar refractivity (Wildman–Crippen MR) is 83.1 cm³/mol. The number of halogens is 1. The molecule has 0 saturated carbocycles. The average molecular weight is 331 g/mol. The summed E-state index contributed by atoms with van der Waals surface area (Å²) in [5, 5.41) is 5.78. The molecule has 1 aromatic heterocycles. The molecule has 0 aromatic carbocycles. The minimum absolute atomic E-state index is 0.316. The molecule has 2 rings (SSSR count). The lowest BCUT2D eigenvalue weighted by Crippen LogP contribution is -2.59. The Balaban J connectivity index is 2.13. The number of hydrogen-bond donors (Lipinski definition) is 1. The zero-order valence-electron chi connectivity index (χ0n) is 11.7. The Kier molecular flexibility index (Phi) is 4.52. The molecule has 2 nitrogen and oxygen atoms in total. The van der Waals surface area contributed by atoms with Crippen molar-refractivity contribution in [3.63, 3.8) is 0 Å². The van der Waals surface area contributed by atoms with Gasteiger partial charge in [-0.3, -0.25) is 4.90 Å². The standard InChI is InChI=1S/C14H23BrN2S/c1-10-8-17(9-12-11(15)5-6-18-12)13(7-16-10)14(2,3)4/h5-6,10,13,16H,7-9H2,1-4H3. The second-order valence-corrected chi connectivity index (χ2v) is 8.17. The Morgan fingerprint density at radius 3 is 2.78 bits per heavy atom. The Hall–Kier alpha value is 0.1000. The van der Waals surface area contributed by atoms with E-state index < -0.39 is 0 Å². The maximum Gasteiger partial charge on any atom is 0.0343 e. The highest BCUT2D eigenvalue weighted by molar-refractivity contribution is 9.10. The molecule has 2 unspecified atom stereocenters. The summed E-state index contributed by atoms with van der Waals surface area (Å²) in [4.78, 5) is 4.08. The minimum Gasteiger partial charge on any atom is -0.311 e. The number of piperazine rings is 1. The Bertz CT molecular complexity index is 397. The van der Waals surface area contributed by atoms with E-state index in [1.54, 1.807) is 0 Å². The van der Waals surface area contributed by atoms with Crippen LogP contribution in [0.3, 0.4) is 0 Å². The van der Waals surface area contributed by atoms with Crippen LogP contribution in [0.4, 0.5) is 0 Å². The molecule has 1 fully saturated rings. The van der Waals surface area contributed by atoms with E-state index in [4.69, 9.17) is 0 Å². The summed E-state index contributed by atoms with van der Waals surface area (Å²) in [5.74, 6) is 0. The number of nitrogens with one attached hydrogen (secondary N) is 1. The SMILES string of the molecule is CC1CN(Cc2sccc2Br)C(C(C)(C)C)CN1. The zero-order chi connectivity index (χ0) is 13.3. The highest BCUT2D eigenvalue weighted by atomic mass is 79.9. The molecule has 0 amide bonds. The third-order valence-electron chi connectivity index (χ3n) is 3.65. The van der Waals surface area contributed by atoms with E-state index in [-0.39, 0.29) is 0 Å². The van der Waals surface area contributed by atoms with Crippen molar-refractivity contribution in [2.75, 3.05) is 13.1 Å². The van der Waals surface area contributed by atoms with E-state index >= 15 is 0 Å². The average Bonchev–Trinajstić information content (AvgIpc) is 2.62. The molecule has 0 radical (unpaired) electrons. The third-order valence-corrected chi connectivity index (χ3v) is 5.56. The van der Waals surface area contributed by atoms with Crippen LogP contribution >= 0.6 is 27.3 Å². The van der Waals surface area contributed by atoms with Crippen LogP contribution < -0.4 is 5.32 Å². The number of hydrogen-bond acceptors (Lipinski definition) is 3. The third kappa shape index (κ3) is 3.35. The van der Waals surface area contributed by atoms with Gasteiger partial charge in [0, 0.05) is 41.1 Å². The summed E-state index contributed by atoms with van der Waals surface area (Å²) < 4.78 is 1.26. The summed E-state index contributed by atoms with van der Waals surface area (Å²) in [7, 11) is 0. The van der Waals surface area contributed by atoms with Crippen molar-refractivity contribution in [1.29, 1.82) is 0 Å². The predicted octanol–water partition coefficient (Wildman–Crippen LogP) is 3.72. The van der Waals surface area contributed by atoms with Gasteiger partial charge >= 0.3 is 0 Å². The highest BCUT2D eigenvalue weighted by Crippen LogP contribution is 2.31. The molecular weight excluding hydrogens is 308 g/mol. The smallest absolute Gasteiger partial charge is 0.0343 e. The van der Waals surface area contributed by atoms with Crippen molar-refractivity contribution < 1.29 is 0 Å². The van der Waals surface area contributed by atoms with Crippen LogP contribution in [0.2, 0.25) is 0 Å². The number of rotatable bonds is 2. The molecule has 1 saturated heterocycles. The molecular formula is C14H23BrN2S. The lowest BCUT2D eigenvalue weighted by atomic mass is 9.84. The van der Waals surface area contributed by atoms with Crippen LogP contribution in [0.25, 0.3) is 0 Å². The van der Waals surface area contributed by atoms with Gasteiger partial charge in [-0.2, -0.15) is 0 Å². The summed E-state index contributed by atoms with van der Waals surface area (Å²) >= 11 is 5.49. The Labute approximate surface area is 123 Å². The van der Waals surface area contributed by atoms with Gasteiger partial charge in [0.05, 0.1) is 0 Å². The van der Waals surface area contributed by atoms with Gasteiger partial charge in [0.1, 0.15) is 0 Å². The maximum absolute atomic E-state index is 3.65. The normalized spacial score (nSPS) is 26.5. The molecule has 1 N–H and O–H groups in total. The summed E-state index contributed by atoms with van der Waals surface area (Å²) in [6.07, 6.45) is 0. The Morgan fingerprint density at radius 1 is 1.50 bits per heavy atom. The van der Waals surface area contributed by atoms with Gasteiger partial charge < -0.3 is 5.32 Å². The lowest BCUT2D eigenvalue weighted by Gasteiger charge is -2.45. The first-order valence-corrected chi connectivity index (χ1v) is 8.24. The molecule has 0 bridgehead atoms. The molecule has 18 heavy (non-hydrogen) atoms. The van der Waals surface area contributed by atoms with Gasteiger partial charge in [-0.1, -0.05) is 20.8 Å². The first-order valence-electron chi connectivity index (χ1n) is 6.57. The van der Waals surface area contributed by atoms with E-state index in [2.05, 4.69) is 65.3 Å². The fourth-order valence-corrected chi connectivity index (χ4v) is 4.14. The molecule has 4 heteroatoms. The van der Waals surface area contributed by atoms with Crippen LogP contribution in [-0.2, 0) is 6.54 Å². The van der Waals surface area contributed by atoms with E-state index in [1.807, 2.05) is 11.3 Å². The molecule has 1 aliphatic rings. The largest absolute Gasteiger partial charge is 0.311 e. The lowest BCUT2D eigenvalue weighted by molar-refractivity contribution is 0.0533. The molecule has 2 heterocycles. The van der Waals surface area contributed by atoms with Crippen molar-refractivity contribution in [2.45, 2.75) is 46.3 Å². The van der Waals surface area contributed by atoms with E-state index in [0.29, 0.717) is 17.5 Å². The summed E-state index contributed by atoms with van der Waals surface area (Å²) in [5.41, 5.74) is 0.316. The van der Waals surface area contributed by atoms with Crippen molar-refractivity contribution in [2.24, 2.45) is 5.41 Å². The van der Waals surface area contributed by atoms with Crippen LogP contribution in [0.15, 0.2) is 15.9 Å². The van der Waals surface area contributed by atoms with Gasteiger partial charge in [0.25, 0.3) is 0 Å². The van der Waals surface area contributed by atoms with Crippen molar-refractivity contribution in [3.8, 4) is 0 Å².